The smallest absolute Gasteiger partial charge is 0.432 e. The first-order chi connectivity index (χ1) is 24.1. The lowest BCUT2D eigenvalue weighted by Crippen LogP contribution is -2.23. The van der Waals surface area contributed by atoms with Gasteiger partial charge in [-0.1, -0.05) is 120 Å². The van der Waals surface area contributed by atoms with Crippen molar-refractivity contribution in [2.75, 3.05) is 60.5 Å². The third-order valence-corrected chi connectivity index (χ3v) is 6.96. The van der Waals surface area contributed by atoms with Crippen LogP contribution in [-0.2, 0) is 23.7 Å². The normalized spacial score (nSPS) is 10.9. The summed E-state index contributed by atoms with van der Waals surface area (Å²) in [6.45, 7) is 17.1. The Morgan fingerprint density at radius 1 is 0.673 bits per heavy atom. The maximum atomic E-state index is 12.2. The van der Waals surface area contributed by atoms with Gasteiger partial charge in [0, 0.05) is 33.4 Å². The Labute approximate surface area is 294 Å². The highest BCUT2D eigenvalue weighted by Crippen LogP contribution is 2.44. The standard InChI is InChI=1S/C21H15N3O3.2C7H16O2.2C2H6/c25-21(27-24-20-12-6-5-11-19(20)22-23-24)26-13-18-16-9-3-1-7-14(16)15-8-2-4-10-17(15)18;2*1-3-4-5-9-7-6-8-2;2*1-2/h1-12,18H,13H2;2*3-7H2,1-2H3;2*1-2H3. The number of carbonyl (C=O) groups excluding carboxylic acids is 1. The van der Waals surface area contributed by atoms with Crippen LogP contribution < -0.4 is 4.84 Å². The van der Waals surface area contributed by atoms with E-state index < -0.39 is 6.16 Å². The van der Waals surface area contributed by atoms with Crippen LogP contribution in [0.4, 0.5) is 4.79 Å². The number of hydrogen-bond acceptors (Lipinski definition) is 9. The summed E-state index contributed by atoms with van der Waals surface area (Å²) in [6.07, 6.45) is 3.90. The predicted molar refractivity (Wildman–Crippen MR) is 197 cm³/mol. The molecule has 5 rings (SSSR count). The second kappa shape index (κ2) is 28.1. The maximum Gasteiger partial charge on any atom is 0.535 e. The fourth-order valence-corrected chi connectivity index (χ4v) is 4.58. The zero-order valence-electron chi connectivity index (χ0n) is 31.0. The first-order valence-corrected chi connectivity index (χ1v) is 17.6. The molecule has 272 valence electrons. The van der Waals surface area contributed by atoms with E-state index in [0.29, 0.717) is 24.2 Å². The Morgan fingerprint density at radius 2 is 1.16 bits per heavy atom. The van der Waals surface area contributed by atoms with Gasteiger partial charge in [0.15, 0.2) is 0 Å². The van der Waals surface area contributed by atoms with Crippen molar-refractivity contribution in [1.82, 2.24) is 15.2 Å². The Hall–Kier alpha value is -3.83. The number of benzene rings is 3. The van der Waals surface area contributed by atoms with E-state index in [0.717, 1.165) is 55.2 Å². The number of methoxy groups -OCH3 is 2. The molecular weight excluding hydrogens is 622 g/mol. The zero-order chi connectivity index (χ0) is 36.1. The minimum absolute atomic E-state index is 0.0163. The lowest BCUT2D eigenvalue weighted by Gasteiger charge is -2.13. The first kappa shape index (κ1) is 43.2. The summed E-state index contributed by atoms with van der Waals surface area (Å²) in [5.74, 6) is -0.0163. The second-order valence-corrected chi connectivity index (χ2v) is 10.2. The first-order valence-electron chi connectivity index (χ1n) is 17.6. The van der Waals surface area contributed by atoms with Crippen molar-refractivity contribution in [2.45, 2.75) is 73.1 Å². The van der Waals surface area contributed by atoms with Crippen molar-refractivity contribution in [3.63, 3.8) is 0 Å². The molecule has 0 fully saturated rings. The van der Waals surface area contributed by atoms with Gasteiger partial charge in [-0.2, -0.15) is 0 Å². The van der Waals surface area contributed by atoms with E-state index in [9.17, 15) is 4.79 Å². The van der Waals surface area contributed by atoms with Gasteiger partial charge in [0.2, 0.25) is 0 Å². The van der Waals surface area contributed by atoms with Crippen LogP contribution in [0.25, 0.3) is 22.2 Å². The minimum Gasteiger partial charge on any atom is -0.432 e. The van der Waals surface area contributed by atoms with Gasteiger partial charge in [0.25, 0.3) is 0 Å². The molecule has 0 saturated carbocycles. The average Bonchev–Trinajstić information content (AvgIpc) is 3.71. The summed E-state index contributed by atoms with van der Waals surface area (Å²) in [6, 6.07) is 23.6. The molecule has 0 spiro atoms. The van der Waals surface area contributed by atoms with E-state index in [2.05, 4.69) is 48.4 Å². The number of ether oxygens (including phenoxy) is 5. The van der Waals surface area contributed by atoms with Crippen LogP contribution in [0.5, 0.6) is 0 Å². The second-order valence-electron chi connectivity index (χ2n) is 10.2. The Bertz CT molecular complexity index is 1320. The molecule has 1 aliphatic rings. The summed E-state index contributed by atoms with van der Waals surface area (Å²) in [7, 11) is 3.37. The van der Waals surface area contributed by atoms with Gasteiger partial charge in [0.1, 0.15) is 17.6 Å². The Kier molecular flexibility index (Phi) is 24.7. The summed E-state index contributed by atoms with van der Waals surface area (Å²) in [5, 5.41) is 7.78. The van der Waals surface area contributed by atoms with Gasteiger partial charge in [-0.15, -0.1) is 5.10 Å². The topological polar surface area (TPSA) is 103 Å². The summed E-state index contributed by atoms with van der Waals surface area (Å²) >= 11 is 0. The maximum absolute atomic E-state index is 12.2. The number of nitrogens with zero attached hydrogens (tertiary/aromatic N) is 3. The Balaban J connectivity index is 0.000000454. The number of fused-ring (bicyclic) bond motifs is 4. The van der Waals surface area contributed by atoms with E-state index in [-0.39, 0.29) is 12.5 Å². The largest absolute Gasteiger partial charge is 0.535 e. The van der Waals surface area contributed by atoms with Crippen molar-refractivity contribution in [1.29, 1.82) is 0 Å². The number of rotatable bonds is 15. The summed E-state index contributed by atoms with van der Waals surface area (Å²) in [5.41, 5.74) is 5.90. The van der Waals surface area contributed by atoms with Crippen LogP contribution in [0, 0.1) is 0 Å². The van der Waals surface area contributed by atoms with Gasteiger partial charge in [-0.05, 0) is 52.4 Å². The molecule has 0 aliphatic heterocycles. The molecule has 10 nitrogen and oxygen atoms in total. The van der Waals surface area contributed by atoms with Gasteiger partial charge in [0.05, 0.1) is 26.4 Å². The molecule has 1 heterocycles. The van der Waals surface area contributed by atoms with Gasteiger partial charge in [-0.25, -0.2) is 4.79 Å². The predicted octanol–water partition coefficient (Wildman–Crippen LogP) is 8.76. The van der Waals surface area contributed by atoms with Gasteiger partial charge < -0.3 is 23.7 Å². The monoisotopic (exact) mass is 681 g/mol. The quantitative estimate of drug-likeness (QED) is 0.0692. The third kappa shape index (κ3) is 15.5. The zero-order valence-corrected chi connectivity index (χ0v) is 31.0. The Morgan fingerprint density at radius 3 is 1.67 bits per heavy atom. The highest BCUT2D eigenvalue weighted by Gasteiger charge is 2.29. The number of carbonyl (C=O) groups is 1. The van der Waals surface area contributed by atoms with Crippen LogP contribution in [0.15, 0.2) is 72.8 Å². The third-order valence-electron chi connectivity index (χ3n) is 6.96. The highest BCUT2D eigenvalue weighted by molar-refractivity contribution is 5.79. The van der Waals surface area contributed by atoms with E-state index in [1.165, 1.54) is 24.0 Å². The van der Waals surface area contributed by atoms with Crippen molar-refractivity contribution in [3.05, 3.63) is 83.9 Å². The van der Waals surface area contributed by atoms with Crippen molar-refractivity contribution >= 4 is 17.2 Å². The molecule has 0 N–H and O–H groups in total. The van der Waals surface area contributed by atoms with E-state index in [4.69, 9.17) is 28.5 Å². The molecule has 49 heavy (non-hydrogen) atoms. The molecule has 3 aromatic carbocycles. The molecule has 0 saturated heterocycles. The van der Waals surface area contributed by atoms with E-state index in [1.807, 2.05) is 64.1 Å². The molecule has 0 unspecified atom stereocenters. The van der Waals surface area contributed by atoms with Crippen molar-refractivity contribution in [2.24, 2.45) is 0 Å². The van der Waals surface area contributed by atoms with E-state index >= 15 is 0 Å². The summed E-state index contributed by atoms with van der Waals surface area (Å²) in [4.78, 5) is 18.5. The van der Waals surface area contributed by atoms with Gasteiger partial charge >= 0.3 is 6.16 Å². The van der Waals surface area contributed by atoms with Crippen LogP contribution >= 0.6 is 0 Å². The lowest BCUT2D eigenvalue weighted by atomic mass is 9.98. The molecule has 4 aromatic rings. The summed E-state index contributed by atoms with van der Waals surface area (Å²) < 4.78 is 25.4. The molecule has 10 heteroatoms. The molecule has 0 radical (unpaired) electrons. The van der Waals surface area contributed by atoms with Crippen molar-refractivity contribution in [3.8, 4) is 11.1 Å². The van der Waals surface area contributed by atoms with Gasteiger partial charge in [-0.3, -0.25) is 4.84 Å². The van der Waals surface area contributed by atoms with E-state index in [1.54, 1.807) is 26.4 Å². The highest BCUT2D eigenvalue weighted by atomic mass is 16.8. The van der Waals surface area contributed by atoms with Crippen LogP contribution in [0.1, 0.15) is 84.3 Å². The number of hydrogen-bond donors (Lipinski definition) is 0. The van der Waals surface area contributed by atoms with Crippen LogP contribution in [-0.4, -0.2) is 81.8 Å². The number of unbranched alkanes of at least 4 members (excludes halogenated alkanes) is 2. The number of para-hydroxylation sites is 1. The average molecular weight is 682 g/mol. The molecular formula is C39H59N3O7. The SMILES string of the molecule is CC.CC.CCCCOCCOC.CCCCOCCOC.O=C(OCC1c2ccccc2-c2ccccc21)On1nnc2ccccc21. The molecule has 0 bridgehead atoms. The fourth-order valence-electron chi connectivity index (χ4n) is 4.58. The number of aromatic nitrogens is 3. The fraction of sp³-hybridized carbons (Fsp3) is 0.513. The van der Waals surface area contributed by atoms with Crippen LogP contribution in [0.3, 0.4) is 0 Å². The van der Waals surface area contributed by atoms with Crippen molar-refractivity contribution < 1.29 is 33.3 Å². The lowest BCUT2D eigenvalue weighted by molar-refractivity contribution is 0.0379. The molecule has 0 atom stereocenters. The molecule has 0 amide bonds. The molecule has 1 aliphatic carbocycles. The van der Waals surface area contributed by atoms with Crippen LogP contribution in [0.2, 0.25) is 0 Å². The minimum atomic E-state index is -0.812. The molecule has 1 aromatic heterocycles.